The molecule has 0 radical (unpaired) electrons. The number of aromatic nitrogens is 2. The average molecular weight is 357 g/mol. The van der Waals surface area contributed by atoms with Crippen LogP contribution in [0.2, 0.25) is 0 Å². The molecule has 1 aromatic carbocycles. The highest BCUT2D eigenvalue weighted by Gasteiger charge is 2.12. The molecule has 3 rings (SSSR count). The minimum Gasteiger partial charge on any atom is -0.427 e. The molecule has 8 heteroatoms. The maximum absolute atomic E-state index is 11.9. The van der Waals surface area contributed by atoms with E-state index in [0.29, 0.717) is 29.6 Å². The predicted octanol–water partition coefficient (Wildman–Crippen LogP) is 3.29. The Morgan fingerprint density at radius 1 is 1.24 bits per heavy atom. The van der Waals surface area contributed by atoms with Crippen LogP contribution in [0.3, 0.4) is 0 Å². The second-order valence-corrected chi connectivity index (χ2v) is 6.12. The molecule has 3 aromatic rings. The molecule has 2 aromatic heterocycles. The van der Waals surface area contributed by atoms with E-state index in [1.165, 1.54) is 18.3 Å². The van der Waals surface area contributed by atoms with Crippen LogP contribution >= 0.6 is 11.3 Å². The Bertz CT molecular complexity index is 856. The maximum atomic E-state index is 11.9. The van der Waals surface area contributed by atoms with Crippen LogP contribution in [0.5, 0.6) is 5.75 Å². The molecule has 1 amide bonds. The van der Waals surface area contributed by atoms with Gasteiger partial charge in [-0.1, -0.05) is 11.2 Å². The smallest absolute Gasteiger partial charge is 0.311 e. The van der Waals surface area contributed by atoms with E-state index in [1.54, 1.807) is 24.3 Å². The lowest BCUT2D eigenvalue weighted by Gasteiger charge is -2.05. The zero-order valence-electron chi connectivity index (χ0n) is 13.4. The molecule has 0 atom stereocenters. The lowest BCUT2D eigenvalue weighted by Crippen LogP contribution is -2.09. The number of nitrogens with one attached hydrogen (secondary N) is 1. The summed E-state index contributed by atoms with van der Waals surface area (Å²) in [6.45, 7) is 1.43. The van der Waals surface area contributed by atoms with Crippen molar-refractivity contribution in [3.8, 4) is 16.5 Å². The first-order valence-corrected chi connectivity index (χ1v) is 8.43. The van der Waals surface area contributed by atoms with E-state index in [-0.39, 0.29) is 12.3 Å². The van der Waals surface area contributed by atoms with Gasteiger partial charge in [-0.2, -0.15) is 4.98 Å². The van der Waals surface area contributed by atoms with Gasteiger partial charge in [0.15, 0.2) is 0 Å². The van der Waals surface area contributed by atoms with Crippen LogP contribution < -0.4 is 10.1 Å². The molecule has 25 heavy (non-hydrogen) atoms. The van der Waals surface area contributed by atoms with Gasteiger partial charge in [0, 0.05) is 19.0 Å². The van der Waals surface area contributed by atoms with Gasteiger partial charge in [-0.25, -0.2) is 0 Å². The van der Waals surface area contributed by atoms with E-state index < -0.39 is 5.97 Å². The first kappa shape index (κ1) is 16.8. The molecule has 7 nitrogen and oxygen atoms in total. The first-order valence-electron chi connectivity index (χ1n) is 7.55. The summed E-state index contributed by atoms with van der Waals surface area (Å²) >= 11 is 1.52. The number of benzene rings is 1. The second kappa shape index (κ2) is 7.71. The minimum atomic E-state index is -0.400. The summed E-state index contributed by atoms with van der Waals surface area (Å²) in [7, 11) is 0. The Labute approximate surface area is 147 Å². The minimum absolute atomic E-state index is 0.125. The average Bonchev–Trinajstić information content (AvgIpc) is 3.25. The van der Waals surface area contributed by atoms with Gasteiger partial charge in [0.05, 0.1) is 11.3 Å². The van der Waals surface area contributed by atoms with Gasteiger partial charge in [-0.15, -0.1) is 11.3 Å². The number of carbonyl (C=O) groups is 2. The normalized spacial score (nSPS) is 10.4. The number of aryl methyl sites for hydroxylation is 1. The number of esters is 1. The molecule has 0 fully saturated rings. The number of amides is 1. The number of hydrogen-bond donors (Lipinski definition) is 1. The third kappa shape index (κ3) is 4.74. The summed E-state index contributed by atoms with van der Waals surface area (Å²) in [5.41, 5.74) is 0.638. The van der Waals surface area contributed by atoms with E-state index in [9.17, 15) is 9.59 Å². The zero-order valence-corrected chi connectivity index (χ0v) is 14.2. The van der Waals surface area contributed by atoms with Crippen LogP contribution in [0.1, 0.15) is 19.2 Å². The Kier molecular flexibility index (Phi) is 5.20. The van der Waals surface area contributed by atoms with Gasteiger partial charge in [0.25, 0.3) is 0 Å². The van der Waals surface area contributed by atoms with Crippen LogP contribution in [0.25, 0.3) is 10.7 Å². The first-order chi connectivity index (χ1) is 12.1. The quantitative estimate of drug-likeness (QED) is 0.537. The molecule has 0 aliphatic carbocycles. The van der Waals surface area contributed by atoms with Gasteiger partial charge in [-0.3, -0.25) is 9.59 Å². The monoisotopic (exact) mass is 357 g/mol. The summed E-state index contributed by atoms with van der Waals surface area (Å²) in [6.07, 6.45) is 0.431. The SMILES string of the molecule is CC(=O)Nc1ccc(OC(=O)CCc2nc(-c3cccs3)no2)cc1. The van der Waals surface area contributed by atoms with E-state index >= 15 is 0 Å². The molecular weight excluding hydrogens is 342 g/mol. The fourth-order valence-corrected chi connectivity index (χ4v) is 2.71. The molecule has 0 bridgehead atoms. The van der Waals surface area contributed by atoms with Gasteiger partial charge in [-0.05, 0) is 35.7 Å². The lowest BCUT2D eigenvalue weighted by atomic mass is 10.3. The largest absolute Gasteiger partial charge is 0.427 e. The number of carbonyl (C=O) groups excluding carboxylic acids is 2. The third-order valence-corrected chi connectivity index (χ3v) is 4.02. The standard InChI is InChI=1S/C17H15N3O4S/c1-11(21)18-12-4-6-13(7-5-12)23-16(22)9-8-15-19-17(20-24-15)14-3-2-10-25-14/h2-7,10H,8-9H2,1H3,(H,18,21). The maximum Gasteiger partial charge on any atom is 0.311 e. The van der Waals surface area contributed by atoms with Crippen LogP contribution in [-0.2, 0) is 16.0 Å². The third-order valence-electron chi connectivity index (χ3n) is 3.16. The Morgan fingerprint density at radius 2 is 2.04 bits per heavy atom. The summed E-state index contributed by atoms with van der Waals surface area (Å²) in [5, 5.41) is 8.46. The molecule has 1 N–H and O–H groups in total. The Balaban J connectivity index is 1.50. The van der Waals surface area contributed by atoms with Crippen LogP contribution in [-0.4, -0.2) is 22.0 Å². The fraction of sp³-hybridized carbons (Fsp3) is 0.176. The van der Waals surface area contributed by atoms with Crippen LogP contribution in [0.15, 0.2) is 46.3 Å². The number of thiophene rings is 1. The highest BCUT2D eigenvalue weighted by Crippen LogP contribution is 2.21. The van der Waals surface area contributed by atoms with Gasteiger partial charge in [0.1, 0.15) is 5.75 Å². The molecule has 0 spiro atoms. The molecule has 128 valence electrons. The van der Waals surface area contributed by atoms with Crippen LogP contribution in [0, 0.1) is 0 Å². The van der Waals surface area contributed by atoms with Gasteiger partial charge in [0.2, 0.25) is 17.6 Å². The van der Waals surface area contributed by atoms with Crippen molar-refractivity contribution in [2.75, 3.05) is 5.32 Å². The predicted molar refractivity (Wildman–Crippen MR) is 92.3 cm³/mol. The molecular formula is C17H15N3O4S. The Hall–Kier alpha value is -3.00. The summed E-state index contributed by atoms with van der Waals surface area (Å²) in [6, 6.07) is 10.4. The summed E-state index contributed by atoms with van der Waals surface area (Å²) in [5.74, 6) is 0.756. The molecule has 2 heterocycles. The summed E-state index contributed by atoms with van der Waals surface area (Å²) < 4.78 is 10.4. The van der Waals surface area contributed by atoms with Crippen LogP contribution in [0.4, 0.5) is 5.69 Å². The van der Waals surface area contributed by atoms with Crippen molar-refractivity contribution in [2.45, 2.75) is 19.8 Å². The van der Waals surface area contributed by atoms with E-state index in [0.717, 1.165) is 4.88 Å². The zero-order chi connectivity index (χ0) is 17.6. The van der Waals surface area contributed by atoms with Crippen molar-refractivity contribution in [2.24, 2.45) is 0 Å². The molecule has 0 aliphatic heterocycles. The van der Waals surface area contributed by atoms with Crippen molar-refractivity contribution in [1.29, 1.82) is 0 Å². The number of nitrogens with zero attached hydrogens (tertiary/aromatic N) is 2. The topological polar surface area (TPSA) is 94.3 Å². The molecule has 0 saturated carbocycles. The highest BCUT2D eigenvalue weighted by atomic mass is 32.1. The molecule has 0 saturated heterocycles. The van der Waals surface area contributed by atoms with Crippen molar-refractivity contribution in [3.63, 3.8) is 0 Å². The second-order valence-electron chi connectivity index (χ2n) is 5.17. The van der Waals surface area contributed by atoms with Gasteiger partial charge >= 0.3 is 5.97 Å². The van der Waals surface area contributed by atoms with Crippen molar-refractivity contribution in [1.82, 2.24) is 10.1 Å². The fourth-order valence-electron chi connectivity index (χ4n) is 2.06. The highest BCUT2D eigenvalue weighted by molar-refractivity contribution is 7.13. The van der Waals surface area contributed by atoms with Crippen molar-refractivity contribution >= 4 is 28.9 Å². The van der Waals surface area contributed by atoms with E-state index in [4.69, 9.17) is 9.26 Å². The van der Waals surface area contributed by atoms with E-state index in [1.807, 2.05) is 17.5 Å². The number of rotatable bonds is 6. The molecule has 0 aliphatic rings. The lowest BCUT2D eigenvalue weighted by molar-refractivity contribution is -0.134. The molecule has 0 unspecified atom stereocenters. The van der Waals surface area contributed by atoms with Gasteiger partial charge < -0.3 is 14.6 Å². The summed E-state index contributed by atoms with van der Waals surface area (Å²) in [4.78, 5) is 28.0. The van der Waals surface area contributed by atoms with Crippen molar-refractivity contribution in [3.05, 3.63) is 47.7 Å². The number of hydrogen-bond acceptors (Lipinski definition) is 7. The van der Waals surface area contributed by atoms with Crippen molar-refractivity contribution < 1.29 is 18.8 Å². The number of anilines is 1. The van der Waals surface area contributed by atoms with E-state index in [2.05, 4.69) is 15.5 Å². The Morgan fingerprint density at radius 3 is 2.72 bits per heavy atom. The number of ether oxygens (including phenoxy) is 1.